The quantitative estimate of drug-likeness (QED) is 0.259. The summed E-state index contributed by atoms with van der Waals surface area (Å²) in [5.74, 6) is 0.487. The van der Waals surface area contributed by atoms with Crippen molar-refractivity contribution in [1.29, 1.82) is 0 Å². The van der Waals surface area contributed by atoms with Crippen LogP contribution in [0.1, 0.15) is 24.0 Å². The Kier molecular flexibility index (Phi) is 10.6. The van der Waals surface area contributed by atoms with Crippen molar-refractivity contribution in [3.05, 3.63) is 59.7 Å². The highest BCUT2D eigenvalue weighted by molar-refractivity contribution is 14.0. The summed E-state index contributed by atoms with van der Waals surface area (Å²) >= 11 is 0. The van der Waals surface area contributed by atoms with Gasteiger partial charge in [0.1, 0.15) is 11.9 Å². The van der Waals surface area contributed by atoms with Gasteiger partial charge in [0.2, 0.25) is 0 Å². The van der Waals surface area contributed by atoms with Crippen molar-refractivity contribution in [1.82, 2.24) is 10.6 Å². The van der Waals surface area contributed by atoms with Gasteiger partial charge in [-0.05, 0) is 36.6 Å². The van der Waals surface area contributed by atoms with Crippen molar-refractivity contribution in [2.24, 2.45) is 4.99 Å². The maximum absolute atomic E-state index is 12.6. The second-order valence-electron chi connectivity index (χ2n) is 6.96. The molecule has 0 radical (unpaired) electrons. The number of hydrogen-bond donors (Lipinski definition) is 3. The summed E-state index contributed by atoms with van der Waals surface area (Å²) in [6, 6.07) is 14.1. The molecule has 0 aromatic heterocycles. The SMILES string of the molecule is CN=C(NCc1cccc(NC(=O)C2CCCO2)c1)NCc1ccccc1OC(F)F.I. The van der Waals surface area contributed by atoms with Gasteiger partial charge in [0, 0.05) is 38.0 Å². The topological polar surface area (TPSA) is 84.0 Å². The number of amides is 1. The summed E-state index contributed by atoms with van der Waals surface area (Å²) in [5.41, 5.74) is 2.22. The molecule has 0 saturated carbocycles. The van der Waals surface area contributed by atoms with Gasteiger partial charge in [-0.3, -0.25) is 9.79 Å². The molecule has 2 aromatic carbocycles. The predicted molar refractivity (Wildman–Crippen MR) is 130 cm³/mol. The molecule has 2 aromatic rings. The number of hydrogen-bond acceptors (Lipinski definition) is 4. The average molecular weight is 560 g/mol. The molecular formula is C22H27F2IN4O3. The number of ether oxygens (including phenoxy) is 2. The number of aliphatic imine (C=N–C) groups is 1. The fraction of sp³-hybridized carbons (Fsp3) is 0.364. The Balaban J connectivity index is 0.00000363. The van der Waals surface area contributed by atoms with Crippen LogP contribution in [-0.4, -0.2) is 38.2 Å². The second kappa shape index (κ2) is 13.2. The van der Waals surface area contributed by atoms with Gasteiger partial charge in [0.25, 0.3) is 5.91 Å². The third kappa shape index (κ3) is 7.90. The van der Waals surface area contributed by atoms with Gasteiger partial charge in [-0.15, -0.1) is 24.0 Å². The lowest BCUT2D eigenvalue weighted by Crippen LogP contribution is -2.36. The zero-order valence-corrected chi connectivity index (χ0v) is 20.0. The van der Waals surface area contributed by atoms with Crippen LogP contribution in [0.5, 0.6) is 5.75 Å². The summed E-state index contributed by atoms with van der Waals surface area (Å²) in [7, 11) is 1.62. The molecule has 3 rings (SSSR count). The number of benzene rings is 2. The number of nitrogens with one attached hydrogen (secondary N) is 3. The van der Waals surface area contributed by atoms with Crippen LogP contribution in [0.2, 0.25) is 0 Å². The Bertz CT molecular complexity index is 908. The molecule has 32 heavy (non-hydrogen) atoms. The molecule has 1 atom stereocenters. The molecule has 3 N–H and O–H groups in total. The highest BCUT2D eigenvalue weighted by Gasteiger charge is 2.23. The molecule has 174 valence electrons. The lowest BCUT2D eigenvalue weighted by Gasteiger charge is -2.15. The highest BCUT2D eigenvalue weighted by atomic mass is 127. The first-order valence-corrected chi connectivity index (χ1v) is 10.0. The van der Waals surface area contributed by atoms with E-state index in [0.29, 0.717) is 30.4 Å². The number of guanidine groups is 1. The van der Waals surface area contributed by atoms with Crippen LogP contribution >= 0.6 is 24.0 Å². The summed E-state index contributed by atoms with van der Waals surface area (Å²) in [5, 5.41) is 9.13. The number of carbonyl (C=O) groups is 1. The van der Waals surface area contributed by atoms with Gasteiger partial charge in [-0.1, -0.05) is 30.3 Å². The van der Waals surface area contributed by atoms with E-state index in [9.17, 15) is 13.6 Å². The standard InChI is InChI=1S/C22H26F2N4O3.HI/c1-25-22(27-14-16-7-2-3-9-18(16)31-21(23)24)26-13-15-6-4-8-17(12-15)28-20(29)19-10-5-11-30-19;/h2-4,6-9,12,19,21H,5,10-11,13-14H2,1H3,(H,28,29)(H2,25,26,27);1H. The minimum Gasteiger partial charge on any atom is -0.434 e. The molecule has 1 aliphatic heterocycles. The largest absolute Gasteiger partial charge is 0.434 e. The minimum atomic E-state index is -2.88. The minimum absolute atomic E-state index is 0. The van der Waals surface area contributed by atoms with Crippen LogP contribution < -0.4 is 20.7 Å². The Morgan fingerprint density at radius 2 is 1.97 bits per heavy atom. The molecule has 1 saturated heterocycles. The van der Waals surface area contributed by atoms with Gasteiger partial charge in [-0.25, -0.2) is 0 Å². The van der Waals surface area contributed by atoms with E-state index in [1.54, 1.807) is 25.2 Å². The van der Waals surface area contributed by atoms with Gasteiger partial charge in [-0.2, -0.15) is 8.78 Å². The van der Waals surface area contributed by atoms with Gasteiger partial charge in [0.15, 0.2) is 5.96 Å². The van der Waals surface area contributed by atoms with E-state index >= 15 is 0 Å². The Morgan fingerprint density at radius 3 is 2.69 bits per heavy atom. The number of rotatable bonds is 8. The summed E-state index contributed by atoms with van der Waals surface area (Å²) < 4.78 is 35.1. The fourth-order valence-electron chi connectivity index (χ4n) is 3.21. The summed E-state index contributed by atoms with van der Waals surface area (Å²) in [6.07, 6.45) is 1.25. The van der Waals surface area contributed by atoms with Crippen LogP contribution in [0, 0.1) is 0 Å². The molecule has 0 spiro atoms. The first kappa shape index (κ1) is 25.8. The number of halogens is 3. The number of anilines is 1. The molecule has 1 heterocycles. The third-order valence-electron chi connectivity index (χ3n) is 4.74. The van der Waals surface area contributed by atoms with Crippen molar-refractivity contribution in [2.75, 3.05) is 19.0 Å². The lowest BCUT2D eigenvalue weighted by molar-refractivity contribution is -0.124. The maximum atomic E-state index is 12.6. The van der Waals surface area contributed by atoms with E-state index in [0.717, 1.165) is 18.4 Å². The van der Waals surface area contributed by atoms with Crippen molar-refractivity contribution in [3.8, 4) is 5.75 Å². The van der Waals surface area contributed by atoms with Crippen molar-refractivity contribution >= 4 is 41.5 Å². The molecule has 0 bridgehead atoms. The lowest BCUT2D eigenvalue weighted by atomic mass is 10.2. The van der Waals surface area contributed by atoms with Crippen LogP contribution in [-0.2, 0) is 22.6 Å². The molecule has 1 aliphatic rings. The van der Waals surface area contributed by atoms with E-state index < -0.39 is 6.61 Å². The molecule has 1 amide bonds. The van der Waals surface area contributed by atoms with Crippen LogP contribution in [0.3, 0.4) is 0 Å². The zero-order chi connectivity index (χ0) is 22.1. The molecule has 7 nitrogen and oxygen atoms in total. The van der Waals surface area contributed by atoms with Crippen LogP contribution in [0.25, 0.3) is 0 Å². The van der Waals surface area contributed by atoms with Crippen LogP contribution in [0.15, 0.2) is 53.5 Å². The molecule has 1 fully saturated rings. The summed E-state index contributed by atoms with van der Waals surface area (Å²) in [6.45, 7) is -1.54. The number of alkyl halides is 2. The van der Waals surface area contributed by atoms with Crippen molar-refractivity contribution in [3.63, 3.8) is 0 Å². The first-order valence-electron chi connectivity index (χ1n) is 10.0. The molecule has 0 aliphatic carbocycles. The molecule has 1 unspecified atom stereocenters. The van der Waals surface area contributed by atoms with E-state index in [1.165, 1.54) is 6.07 Å². The van der Waals surface area contributed by atoms with Crippen LogP contribution in [0.4, 0.5) is 14.5 Å². The van der Waals surface area contributed by atoms with E-state index in [-0.39, 0.29) is 48.3 Å². The smallest absolute Gasteiger partial charge is 0.387 e. The monoisotopic (exact) mass is 560 g/mol. The number of para-hydroxylation sites is 1. The van der Waals surface area contributed by atoms with Gasteiger partial charge in [0.05, 0.1) is 0 Å². The predicted octanol–water partition coefficient (Wildman–Crippen LogP) is 3.89. The third-order valence-corrected chi connectivity index (χ3v) is 4.74. The Morgan fingerprint density at radius 1 is 1.19 bits per heavy atom. The van der Waals surface area contributed by atoms with Gasteiger partial charge < -0.3 is 25.4 Å². The maximum Gasteiger partial charge on any atom is 0.387 e. The number of carbonyl (C=O) groups excluding carboxylic acids is 1. The van der Waals surface area contributed by atoms with Gasteiger partial charge >= 0.3 is 6.61 Å². The highest BCUT2D eigenvalue weighted by Crippen LogP contribution is 2.20. The zero-order valence-electron chi connectivity index (χ0n) is 17.6. The summed E-state index contributed by atoms with van der Waals surface area (Å²) in [4.78, 5) is 16.4. The normalized spacial score (nSPS) is 15.8. The average Bonchev–Trinajstić information content (AvgIpc) is 3.30. The van der Waals surface area contributed by atoms with E-state index in [4.69, 9.17) is 4.74 Å². The van der Waals surface area contributed by atoms with E-state index in [1.807, 2.05) is 24.3 Å². The fourth-order valence-corrected chi connectivity index (χ4v) is 3.21. The van der Waals surface area contributed by atoms with Crippen molar-refractivity contribution < 1.29 is 23.0 Å². The molecule has 10 heteroatoms. The van der Waals surface area contributed by atoms with Crippen molar-refractivity contribution in [2.45, 2.75) is 38.6 Å². The van der Waals surface area contributed by atoms with E-state index in [2.05, 4.69) is 25.7 Å². The Hall–Kier alpha value is -2.47. The second-order valence-corrected chi connectivity index (χ2v) is 6.96. The number of nitrogens with zero attached hydrogens (tertiary/aromatic N) is 1. The molecular weight excluding hydrogens is 533 g/mol. The first-order chi connectivity index (χ1) is 15.0. The Labute approximate surface area is 203 Å².